The topological polar surface area (TPSA) is 70.6 Å². The fraction of sp³-hybridized carbons (Fsp3) is 0.526. The maximum Gasteiger partial charge on any atom is 0.270 e. The van der Waals surface area contributed by atoms with E-state index < -0.39 is 0 Å². The van der Waals surface area contributed by atoms with Crippen molar-refractivity contribution >= 4 is 23.1 Å². The molecule has 2 aliphatic rings. The van der Waals surface area contributed by atoms with Gasteiger partial charge in [0.1, 0.15) is 16.5 Å². The monoisotopic (exact) mass is 387 g/mol. The molecule has 0 spiro atoms. The Morgan fingerprint density at radius 3 is 2.85 bits per heavy atom. The maximum absolute atomic E-state index is 12.4. The van der Waals surface area contributed by atoms with Crippen molar-refractivity contribution in [2.45, 2.75) is 12.8 Å². The van der Waals surface area contributed by atoms with E-state index in [-0.39, 0.29) is 5.91 Å². The molecule has 0 aliphatic carbocycles. The lowest BCUT2D eigenvalue weighted by Gasteiger charge is -2.26. The lowest BCUT2D eigenvalue weighted by molar-refractivity contribution is 0.0383. The molecule has 0 atom stereocenters. The first-order valence-electron chi connectivity index (χ1n) is 9.55. The molecule has 0 saturated carbocycles. The predicted octanol–water partition coefficient (Wildman–Crippen LogP) is 1.87. The summed E-state index contributed by atoms with van der Waals surface area (Å²) in [7, 11) is 0. The van der Waals surface area contributed by atoms with Crippen LogP contribution in [0.1, 0.15) is 23.3 Å². The smallest absolute Gasteiger partial charge is 0.270 e. The van der Waals surface area contributed by atoms with Crippen LogP contribution >= 0.6 is 11.3 Å². The number of thiazole rings is 1. The van der Waals surface area contributed by atoms with Crippen LogP contribution in [0.15, 0.2) is 23.7 Å². The summed E-state index contributed by atoms with van der Waals surface area (Å²) >= 11 is 1.50. The molecule has 1 amide bonds. The minimum Gasteiger partial charge on any atom is -0.379 e. The average Bonchev–Trinajstić information content (AvgIpc) is 3.41. The molecule has 8 heteroatoms. The van der Waals surface area contributed by atoms with Gasteiger partial charge in [0.05, 0.1) is 13.2 Å². The highest BCUT2D eigenvalue weighted by atomic mass is 32.1. The van der Waals surface area contributed by atoms with Crippen LogP contribution in [0.5, 0.6) is 0 Å². The fourth-order valence-corrected chi connectivity index (χ4v) is 4.22. The summed E-state index contributed by atoms with van der Waals surface area (Å²) in [5.74, 6) is 0.885. The predicted molar refractivity (Wildman–Crippen MR) is 106 cm³/mol. The van der Waals surface area contributed by atoms with E-state index in [0.717, 1.165) is 62.3 Å². The molecule has 2 aromatic heterocycles. The molecule has 4 heterocycles. The fourth-order valence-electron chi connectivity index (χ4n) is 3.42. The minimum atomic E-state index is -0.111. The number of aromatic nitrogens is 2. The van der Waals surface area contributed by atoms with Gasteiger partial charge in [0.2, 0.25) is 0 Å². The molecule has 2 fully saturated rings. The molecule has 0 unspecified atom stereocenters. The summed E-state index contributed by atoms with van der Waals surface area (Å²) in [5, 5.41) is 5.66. The Labute approximate surface area is 163 Å². The zero-order chi connectivity index (χ0) is 18.5. The molecule has 7 nitrogen and oxygen atoms in total. The molecule has 0 radical (unpaired) electrons. The number of ether oxygens (including phenoxy) is 1. The van der Waals surface area contributed by atoms with Crippen molar-refractivity contribution in [3.8, 4) is 10.6 Å². The number of morpholine rings is 1. The summed E-state index contributed by atoms with van der Waals surface area (Å²) in [6.45, 7) is 6.99. The first-order valence-corrected chi connectivity index (χ1v) is 10.4. The highest BCUT2D eigenvalue weighted by Crippen LogP contribution is 2.27. The Hall–Kier alpha value is -2.03. The van der Waals surface area contributed by atoms with Gasteiger partial charge in [-0.15, -0.1) is 11.3 Å². The summed E-state index contributed by atoms with van der Waals surface area (Å²) in [6.07, 6.45) is 4.27. The van der Waals surface area contributed by atoms with Crippen molar-refractivity contribution < 1.29 is 9.53 Å². The number of carbonyl (C=O) groups excluding carboxylic acids is 1. The van der Waals surface area contributed by atoms with Gasteiger partial charge in [0.25, 0.3) is 5.91 Å². The van der Waals surface area contributed by atoms with Crippen LogP contribution in [-0.4, -0.2) is 73.3 Å². The van der Waals surface area contributed by atoms with E-state index in [2.05, 4.69) is 31.2 Å². The van der Waals surface area contributed by atoms with Gasteiger partial charge < -0.3 is 15.0 Å². The van der Waals surface area contributed by atoms with E-state index >= 15 is 0 Å². The number of anilines is 1. The number of nitrogens with zero attached hydrogens (tertiary/aromatic N) is 4. The summed E-state index contributed by atoms with van der Waals surface area (Å²) in [5.41, 5.74) is 1.50. The quantitative estimate of drug-likeness (QED) is 0.816. The van der Waals surface area contributed by atoms with Crippen LogP contribution in [0, 0.1) is 0 Å². The Morgan fingerprint density at radius 2 is 2.04 bits per heavy atom. The van der Waals surface area contributed by atoms with Crippen molar-refractivity contribution in [1.82, 2.24) is 20.2 Å². The molecule has 2 saturated heterocycles. The molecule has 144 valence electrons. The van der Waals surface area contributed by atoms with E-state index in [9.17, 15) is 4.79 Å². The number of nitrogens with one attached hydrogen (secondary N) is 1. The zero-order valence-corrected chi connectivity index (χ0v) is 16.2. The van der Waals surface area contributed by atoms with Crippen molar-refractivity contribution in [1.29, 1.82) is 0 Å². The standard InChI is InChI=1S/C19H25N5O2S/c25-18(21-5-8-23-9-11-26-12-10-23)16-14-27-19(22-16)15-3-4-20-17(13-15)24-6-1-2-7-24/h3-4,13-14H,1-2,5-12H2,(H,21,25). The van der Waals surface area contributed by atoms with Crippen molar-refractivity contribution in [3.05, 3.63) is 29.4 Å². The first-order chi connectivity index (χ1) is 13.3. The van der Waals surface area contributed by atoms with Gasteiger partial charge in [-0.25, -0.2) is 9.97 Å². The van der Waals surface area contributed by atoms with Crippen LogP contribution in [0.3, 0.4) is 0 Å². The highest BCUT2D eigenvalue weighted by molar-refractivity contribution is 7.13. The summed E-state index contributed by atoms with van der Waals surface area (Å²) in [6, 6.07) is 4.03. The third-order valence-electron chi connectivity index (χ3n) is 4.98. The van der Waals surface area contributed by atoms with E-state index in [4.69, 9.17) is 4.74 Å². The van der Waals surface area contributed by atoms with E-state index in [1.54, 1.807) is 0 Å². The van der Waals surface area contributed by atoms with Crippen molar-refractivity contribution in [2.75, 3.05) is 57.4 Å². The second-order valence-corrected chi connectivity index (χ2v) is 7.70. The van der Waals surface area contributed by atoms with Gasteiger partial charge in [-0.3, -0.25) is 9.69 Å². The van der Waals surface area contributed by atoms with E-state index in [0.29, 0.717) is 12.2 Å². The van der Waals surface area contributed by atoms with Crippen LogP contribution in [-0.2, 0) is 4.74 Å². The largest absolute Gasteiger partial charge is 0.379 e. The van der Waals surface area contributed by atoms with Gasteiger partial charge in [0, 0.05) is 56.4 Å². The Bertz CT molecular complexity index is 769. The van der Waals surface area contributed by atoms with Crippen LogP contribution in [0.2, 0.25) is 0 Å². The molecule has 1 N–H and O–H groups in total. The molecule has 0 aromatic carbocycles. The third kappa shape index (κ3) is 4.63. The average molecular weight is 388 g/mol. The van der Waals surface area contributed by atoms with Crippen LogP contribution < -0.4 is 10.2 Å². The SMILES string of the molecule is O=C(NCCN1CCOCC1)c1csc(-c2ccnc(N3CCCC3)c2)n1. The Morgan fingerprint density at radius 1 is 1.22 bits per heavy atom. The molecule has 0 bridgehead atoms. The van der Waals surface area contributed by atoms with Crippen LogP contribution in [0.25, 0.3) is 10.6 Å². The Kier molecular flexibility index (Phi) is 5.96. The normalized spacial score (nSPS) is 18.0. The van der Waals surface area contributed by atoms with Gasteiger partial charge in [-0.2, -0.15) is 0 Å². The molecule has 4 rings (SSSR count). The van der Waals surface area contributed by atoms with E-state index in [1.807, 2.05) is 17.6 Å². The van der Waals surface area contributed by atoms with Crippen molar-refractivity contribution in [2.24, 2.45) is 0 Å². The number of hydrogen-bond acceptors (Lipinski definition) is 7. The second-order valence-electron chi connectivity index (χ2n) is 6.84. The molecular weight excluding hydrogens is 362 g/mol. The number of amides is 1. The second kappa shape index (κ2) is 8.77. The van der Waals surface area contributed by atoms with Gasteiger partial charge in [0.15, 0.2) is 0 Å². The molecule has 27 heavy (non-hydrogen) atoms. The molecule has 2 aliphatic heterocycles. The summed E-state index contributed by atoms with van der Waals surface area (Å²) in [4.78, 5) is 26.0. The number of rotatable bonds is 6. The van der Waals surface area contributed by atoms with Gasteiger partial charge >= 0.3 is 0 Å². The lowest BCUT2D eigenvalue weighted by Crippen LogP contribution is -2.41. The van der Waals surface area contributed by atoms with Crippen molar-refractivity contribution in [3.63, 3.8) is 0 Å². The Balaban J connectivity index is 1.35. The highest BCUT2D eigenvalue weighted by Gasteiger charge is 2.16. The van der Waals surface area contributed by atoms with Gasteiger partial charge in [-0.1, -0.05) is 0 Å². The molecule has 2 aromatic rings. The zero-order valence-electron chi connectivity index (χ0n) is 15.4. The maximum atomic E-state index is 12.4. The van der Waals surface area contributed by atoms with E-state index in [1.165, 1.54) is 24.2 Å². The number of pyridine rings is 1. The third-order valence-corrected chi connectivity index (χ3v) is 5.87. The number of carbonyl (C=O) groups is 1. The number of hydrogen-bond donors (Lipinski definition) is 1. The molecular formula is C19H25N5O2S. The summed E-state index contributed by atoms with van der Waals surface area (Å²) < 4.78 is 5.34. The lowest BCUT2D eigenvalue weighted by atomic mass is 10.2. The van der Waals surface area contributed by atoms with Gasteiger partial charge in [-0.05, 0) is 25.0 Å². The first kappa shape index (κ1) is 18.3. The van der Waals surface area contributed by atoms with Crippen LogP contribution in [0.4, 0.5) is 5.82 Å². The minimum absolute atomic E-state index is 0.111.